The molecule has 3 aliphatic rings. The molecule has 3 aliphatic heterocycles. The van der Waals surface area contributed by atoms with E-state index in [4.69, 9.17) is 28.4 Å². The maximum absolute atomic E-state index is 13.5. The Morgan fingerprint density at radius 2 is 0.923 bits per heavy atom. The zero-order valence-corrected chi connectivity index (χ0v) is 64.6. The molecule has 0 aromatic heterocycles. The second-order valence-electron chi connectivity index (χ2n) is 30.3. The summed E-state index contributed by atoms with van der Waals surface area (Å²) in [5, 5.41) is 136. The maximum atomic E-state index is 13.5. The van der Waals surface area contributed by atoms with Gasteiger partial charge in [0, 0.05) is 19.8 Å². The van der Waals surface area contributed by atoms with Crippen LogP contribution >= 0.6 is 0 Å². The molecule has 3 fully saturated rings. The quantitative estimate of drug-likeness (QED) is 0.0199. The molecular formula is C81H150N2O21. The van der Waals surface area contributed by atoms with Crippen LogP contribution in [0.25, 0.3) is 0 Å². The number of carboxylic acid groups (broad SMARTS) is 1. The highest BCUT2D eigenvalue weighted by Crippen LogP contribution is 2.39. The third kappa shape index (κ3) is 39.7. The molecule has 0 bridgehead atoms. The van der Waals surface area contributed by atoms with Gasteiger partial charge in [-0.25, -0.2) is 4.79 Å². The van der Waals surface area contributed by atoms with E-state index in [0.29, 0.717) is 19.3 Å². The van der Waals surface area contributed by atoms with Crippen LogP contribution in [-0.4, -0.2) is 215 Å². The fraction of sp³-hybridized carbons (Fsp3) is 0.914. The lowest BCUT2D eigenvalue weighted by Gasteiger charge is -2.50. The van der Waals surface area contributed by atoms with E-state index in [2.05, 4.69) is 48.8 Å². The van der Waals surface area contributed by atoms with E-state index in [9.17, 15) is 75.7 Å². The number of carboxylic acids is 1. The van der Waals surface area contributed by atoms with Crippen molar-refractivity contribution in [2.24, 2.45) is 0 Å². The van der Waals surface area contributed by atoms with Gasteiger partial charge >= 0.3 is 5.97 Å². The fourth-order valence-corrected chi connectivity index (χ4v) is 14.6. The number of carbonyl (C=O) groups excluding carboxylic acids is 2. The third-order valence-corrected chi connectivity index (χ3v) is 21.2. The van der Waals surface area contributed by atoms with Crippen LogP contribution < -0.4 is 10.6 Å². The number of hydrogen-bond donors (Lipinski definition) is 14. The summed E-state index contributed by atoms with van der Waals surface area (Å²) in [7, 11) is 0. The molecule has 0 saturated carbocycles. The molecule has 610 valence electrons. The van der Waals surface area contributed by atoms with E-state index in [1.807, 2.05) is 0 Å². The molecule has 14 N–H and O–H groups in total. The molecule has 2 amide bonds. The Hall–Kier alpha value is -2.79. The second kappa shape index (κ2) is 60.0. The first kappa shape index (κ1) is 95.4. The molecule has 3 rings (SSSR count). The van der Waals surface area contributed by atoms with Crippen molar-refractivity contribution < 1.29 is 104 Å². The molecule has 0 aromatic rings. The number of aliphatic hydroxyl groups excluding tert-OH is 11. The molecule has 18 atom stereocenters. The summed E-state index contributed by atoms with van der Waals surface area (Å²) >= 11 is 0. The average Bonchev–Trinajstić information content (AvgIpc) is 0.755. The smallest absolute Gasteiger partial charge is 0.364 e. The van der Waals surface area contributed by atoms with Gasteiger partial charge in [0.05, 0.1) is 50.7 Å². The van der Waals surface area contributed by atoms with Gasteiger partial charge in [0.15, 0.2) is 12.6 Å². The Labute approximate surface area is 625 Å². The lowest BCUT2D eigenvalue weighted by atomic mass is 9.88. The van der Waals surface area contributed by atoms with Crippen molar-refractivity contribution in [3.63, 3.8) is 0 Å². The molecule has 23 nitrogen and oxygen atoms in total. The lowest BCUT2D eigenvalue weighted by molar-refractivity contribution is -0.386. The number of rotatable bonds is 66. The van der Waals surface area contributed by atoms with Crippen molar-refractivity contribution >= 4 is 17.8 Å². The Balaban J connectivity index is 1.40. The molecule has 0 radical (unpaired) electrons. The standard InChI is InChI=1S/C81H150N2O21/c1-4-6-8-10-12-14-16-18-19-20-21-22-23-24-25-26-27-28-29-30-31-32-33-34-35-36-37-38-39-40-41-43-45-47-49-51-53-55-68(91)83-62(63(88)54-52-50-48-46-44-42-17-15-13-11-9-7-5-2)60-99-78-73(95)72(94)75(67(59-86)101-78)102-79-74(96)77(71(93)66(58-85)100-79)104-81(80(97)98)56-64(89)69(82-61(3)87)76(103-81)70(92)65(90)57-84/h25-26,28-29,62-67,69-79,84-86,88-90,92-96H,4-24,27,30-60H2,1-3H3,(H,82,87)(H,83,91)(H,97,98)/b26-25-,29-28-. The van der Waals surface area contributed by atoms with Crippen molar-refractivity contribution in [1.29, 1.82) is 0 Å². The van der Waals surface area contributed by atoms with E-state index >= 15 is 0 Å². The van der Waals surface area contributed by atoms with E-state index < -0.39 is 148 Å². The largest absolute Gasteiger partial charge is 0.477 e. The van der Waals surface area contributed by atoms with E-state index in [0.717, 1.165) is 64.7 Å². The van der Waals surface area contributed by atoms with Crippen LogP contribution in [0.5, 0.6) is 0 Å². The van der Waals surface area contributed by atoms with Crippen LogP contribution in [0.15, 0.2) is 24.3 Å². The van der Waals surface area contributed by atoms with Crippen molar-refractivity contribution in [2.45, 2.75) is 445 Å². The van der Waals surface area contributed by atoms with Gasteiger partial charge in [0.2, 0.25) is 11.8 Å². The second-order valence-corrected chi connectivity index (χ2v) is 30.3. The van der Waals surface area contributed by atoms with Crippen LogP contribution in [0.2, 0.25) is 0 Å². The molecule has 3 saturated heterocycles. The Bertz CT molecular complexity index is 2170. The summed E-state index contributed by atoms with van der Waals surface area (Å²) in [6, 6.07) is -2.53. The summed E-state index contributed by atoms with van der Waals surface area (Å²) in [6.07, 6.45) is 37.8. The average molecular weight is 1490 g/mol. The monoisotopic (exact) mass is 1490 g/mol. The number of amides is 2. The predicted molar refractivity (Wildman–Crippen MR) is 403 cm³/mol. The summed E-state index contributed by atoms with van der Waals surface area (Å²) < 4.78 is 34.9. The first-order chi connectivity index (χ1) is 50.4. The molecule has 0 aliphatic carbocycles. The zero-order valence-electron chi connectivity index (χ0n) is 64.6. The number of unbranched alkanes of at least 4 members (excludes halogenated alkanes) is 42. The highest BCUT2D eigenvalue weighted by atomic mass is 16.8. The van der Waals surface area contributed by atoms with Gasteiger partial charge in [-0.15, -0.1) is 0 Å². The minimum Gasteiger partial charge on any atom is -0.477 e. The van der Waals surface area contributed by atoms with Crippen LogP contribution in [0.3, 0.4) is 0 Å². The van der Waals surface area contributed by atoms with Crippen LogP contribution in [-0.2, 0) is 42.8 Å². The molecule has 3 heterocycles. The van der Waals surface area contributed by atoms with E-state index in [-0.39, 0.29) is 18.9 Å². The van der Waals surface area contributed by atoms with Crippen LogP contribution in [0, 0.1) is 0 Å². The Kier molecular flexibility index (Phi) is 55.0. The van der Waals surface area contributed by atoms with Crippen molar-refractivity contribution in [2.75, 3.05) is 26.4 Å². The number of hydrogen-bond acceptors (Lipinski definition) is 20. The SMILES string of the molecule is CCCCCCCCCCCCCCC/C=C\C/C=C\CCCCCCCCCCCCCCCCCCCC(=O)NC(COC1OC(CO)C(OC2OC(CO)C(O)C(OC3(C(=O)O)CC(O)C(NC(C)=O)C(C(O)C(O)CO)O3)C2O)C(O)C1O)C(O)CCCCCCCCCCCCCCC. The molecule has 0 aromatic carbocycles. The zero-order chi connectivity index (χ0) is 76.0. The van der Waals surface area contributed by atoms with Crippen molar-refractivity contribution in [3.8, 4) is 0 Å². The normalized spacial score (nSPS) is 26.5. The van der Waals surface area contributed by atoms with Gasteiger partial charge in [-0.1, -0.05) is 295 Å². The fourth-order valence-electron chi connectivity index (χ4n) is 14.6. The van der Waals surface area contributed by atoms with E-state index in [1.54, 1.807) is 0 Å². The van der Waals surface area contributed by atoms with Gasteiger partial charge in [0.25, 0.3) is 5.79 Å². The Morgan fingerprint density at radius 1 is 0.500 bits per heavy atom. The minimum absolute atomic E-state index is 0.225. The number of nitrogens with one attached hydrogen (secondary N) is 2. The van der Waals surface area contributed by atoms with Gasteiger partial charge in [0.1, 0.15) is 67.1 Å². The van der Waals surface area contributed by atoms with Gasteiger partial charge in [-0.05, 0) is 44.9 Å². The van der Waals surface area contributed by atoms with Crippen LogP contribution in [0.4, 0.5) is 0 Å². The number of allylic oxidation sites excluding steroid dienone is 4. The maximum Gasteiger partial charge on any atom is 0.364 e. The summed E-state index contributed by atoms with van der Waals surface area (Å²) in [4.78, 5) is 38.7. The molecule has 104 heavy (non-hydrogen) atoms. The molecular weight excluding hydrogens is 1340 g/mol. The molecule has 23 heteroatoms. The summed E-state index contributed by atoms with van der Waals surface area (Å²) in [5.74, 6) is -6.10. The third-order valence-electron chi connectivity index (χ3n) is 21.2. The lowest BCUT2D eigenvalue weighted by Crippen LogP contribution is -2.70. The van der Waals surface area contributed by atoms with Gasteiger partial charge in [-0.2, -0.15) is 0 Å². The number of aliphatic carboxylic acids is 1. The number of aliphatic hydroxyl groups is 11. The molecule has 18 unspecified atom stereocenters. The van der Waals surface area contributed by atoms with Gasteiger partial charge in [-0.3, -0.25) is 9.59 Å². The van der Waals surface area contributed by atoms with Crippen LogP contribution in [0.1, 0.15) is 335 Å². The number of carbonyl (C=O) groups is 3. The highest BCUT2D eigenvalue weighted by Gasteiger charge is 2.60. The van der Waals surface area contributed by atoms with Crippen molar-refractivity contribution in [1.82, 2.24) is 10.6 Å². The van der Waals surface area contributed by atoms with Gasteiger partial charge < -0.3 is 100 Å². The number of ether oxygens (including phenoxy) is 6. The first-order valence-electron chi connectivity index (χ1n) is 41.7. The Morgan fingerprint density at radius 3 is 1.35 bits per heavy atom. The molecule has 0 spiro atoms. The summed E-state index contributed by atoms with van der Waals surface area (Å²) in [5.41, 5.74) is 0. The predicted octanol–water partition coefficient (Wildman–Crippen LogP) is 11.5. The highest BCUT2D eigenvalue weighted by molar-refractivity contribution is 5.77. The van der Waals surface area contributed by atoms with Crippen molar-refractivity contribution in [3.05, 3.63) is 24.3 Å². The van der Waals surface area contributed by atoms with E-state index in [1.165, 1.54) is 225 Å². The minimum atomic E-state index is -3.08. The topological polar surface area (TPSA) is 373 Å². The summed E-state index contributed by atoms with van der Waals surface area (Å²) in [6.45, 7) is 2.23. The first-order valence-corrected chi connectivity index (χ1v) is 41.7.